The van der Waals surface area contributed by atoms with Gasteiger partial charge < -0.3 is 0 Å². The van der Waals surface area contributed by atoms with Crippen molar-refractivity contribution >= 4 is 0 Å². The van der Waals surface area contributed by atoms with Crippen molar-refractivity contribution in [3.8, 4) is 0 Å². The highest BCUT2D eigenvalue weighted by Crippen LogP contribution is 2.39. The molecule has 0 saturated heterocycles. The molecule has 68 valence electrons. The van der Waals surface area contributed by atoms with Crippen molar-refractivity contribution in [1.82, 2.24) is 0 Å². The Morgan fingerprint density at radius 3 is 1.45 bits per heavy atom. The Kier molecular flexibility index (Phi) is 2.70. The fourth-order valence-corrected chi connectivity index (χ4v) is 0.185. The largest absolute Gasteiger partial charge is 0.459 e. The van der Waals surface area contributed by atoms with E-state index in [0.717, 1.165) is 0 Å². The lowest BCUT2D eigenvalue weighted by molar-refractivity contribution is -0.378. The van der Waals surface area contributed by atoms with Crippen LogP contribution in [-0.4, -0.2) is 18.5 Å². The summed E-state index contributed by atoms with van der Waals surface area (Å²) in [6, 6.07) is 0. The van der Waals surface area contributed by atoms with Crippen molar-refractivity contribution in [3.05, 3.63) is 0 Å². The molecule has 0 aromatic rings. The third-order valence-corrected chi connectivity index (χ3v) is 0.741. The lowest BCUT2D eigenvalue weighted by Crippen LogP contribution is -2.45. The lowest BCUT2D eigenvalue weighted by atomic mass is 10.3. The molecule has 0 aromatic heterocycles. The molecule has 0 aliphatic carbocycles. The molecule has 0 heterocycles. The van der Waals surface area contributed by atoms with Gasteiger partial charge in [-0.05, 0) is 4.53 Å². The van der Waals surface area contributed by atoms with Gasteiger partial charge in [-0.2, -0.15) is 22.0 Å². The van der Waals surface area contributed by atoms with Crippen LogP contribution in [-0.2, 0) is 4.94 Å². The van der Waals surface area contributed by atoms with Gasteiger partial charge in [0.05, 0.1) is 0 Å². The second-order valence-electron chi connectivity index (χ2n) is 1.53. The van der Waals surface area contributed by atoms with Crippen LogP contribution in [0.3, 0.4) is 0 Å². The maximum Gasteiger partial charge on any atom is 0.459 e. The van der Waals surface area contributed by atoms with Crippen molar-refractivity contribution in [3.63, 3.8) is 0 Å². The summed E-state index contributed by atoms with van der Waals surface area (Å²) in [4.78, 5) is 1.70. The third-order valence-electron chi connectivity index (χ3n) is 0.741. The van der Waals surface area contributed by atoms with Crippen molar-refractivity contribution in [2.75, 3.05) is 0 Å². The Hall–Kier alpha value is -0.530. The van der Waals surface area contributed by atoms with Gasteiger partial charge in [0.25, 0.3) is 0 Å². The first-order valence-electron chi connectivity index (χ1n) is 2.09. The number of rotatable bonds is 2. The molecule has 0 radical (unpaired) electrons. The lowest BCUT2D eigenvalue weighted by Gasteiger charge is -2.19. The molecule has 0 amide bonds. The third kappa shape index (κ3) is 1.95. The summed E-state index contributed by atoms with van der Waals surface area (Å²) in [6.45, 7) is 0. The molecule has 0 bridgehead atoms. The van der Waals surface area contributed by atoms with E-state index in [1.807, 2.05) is 0 Å². The zero-order valence-corrected chi connectivity index (χ0v) is 4.63. The fourth-order valence-electron chi connectivity index (χ4n) is 0.185. The highest BCUT2D eigenvalue weighted by molar-refractivity contribution is 4.78. The van der Waals surface area contributed by atoms with Crippen molar-refractivity contribution in [2.45, 2.75) is 18.5 Å². The van der Waals surface area contributed by atoms with Gasteiger partial charge in [0.2, 0.25) is 0 Å². The number of halogens is 7. The van der Waals surface area contributed by atoms with E-state index in [4.69, 9.17) is 0 Å². The number of alkyl halides is 6. The summed E-state index contributed by atoms with van der Waals surface area (Å²) < 4.78 is 77.9. The van der Waals surface area contributed by atoms with E-state index in [9.17, 15) is 30.9 Å². The van der Waals surface area contributed by atoms with Crippen LogP contribution in [0.4, 0.5) is 30.9 Å². The number of hydrogen-bond donors (Lipinski definition) is 0. The highest BCUT2D eigenvalue weighted by atomic mass is 19.4. The van der Waals surface area contributed by atoms with E-state index in [1.165, 1.54) is 0 Å². The molecule has 0 spiro atoms. The molecule has 8 heteroatoms. The highest BCUT2D eigenvalue weighted by Gasteiger charge is 2.65. The molecule has 0 saturated carbocycles. The van der Waals surface area contributed by atoms with E-state index < -0.39 is 18.5 Å². The van der Waals surface area contributed by atoms with Crippen LogP contribution in [0.2, 0.25) is 0 Å². The van der Waals surface area contributed by atoms with E-state index >= 15 is 0 Å². The molecule has 1 nitrogen and oxygen atoms in total. The topological polar surface area (TPSA) is 9.23 Å². The van der Waals surface area contributed by atoms with Gasteiger partial charge in [-0.15, -0.1) is 4.94 Å². The minimum absolute atomic E-state index is 1.70. The predicted molar refractivity (Wildman–Crippen MR) is 18.1 cm³/mol. The van der Waals surface area contributed by atoms with Crippen molar-refractivity contribution < 1.29 is 35.8 Å². The van der Waals surface area contributed by atoms with Gasteiger partial charge in [0.1, 0.15) is 0 Å². The summed E-state index contributed by atoms with van der Waals surface area (Å²) >= 11 is 0. The average molecular weight is 186 g/mol. The van der Waals surface area contributed by atoms with Gasteiger partial charge >= 0.3 is 18.5 Å². The van der Waals surface area contributed by atoms with Crippen LogP contribution in [0.5, 0.6) is 0 Å². The maximum absolute atomic E-state index is 11.5. The Bertz CT molecular complexity index is 128. The van der Waals surface area contributed by atoms with Crippen LogP contribution in [0.25, 0.3) is 0 Å². The second-order valence-corrected chi connectivity index (χ2v) is 1.53. The summed E-state index contributed by atoms with van der Waals surface area (Å²) in [5.74, 6) is -5.82. The predicted octanol–water partition coefficient (Wildman–Crippen LogP) is 2.38. The Labute approximate surface area is 55.6 Å². The molecule has 0 fully saturated rings. The molecule has 0 aliphatic heterocycles. The van der Waals surface area contributed by atoms with Crippen molar-refractivity contribution in [1.29, 1.82) is 0 Å². The van der Waals surface area contributed by atoms with E-state index in [2.05, 4.69) is 0 Å². The Balaban J connectivity index is 4.45. The first-order valence-corrected chi connectivity index (χ1v) is 2.09. The summed E-state index contributed by atoms with van der Waals surface area (Å²) in [5, 5.41) is 0. The Morgan fingerprint density at radius 2 is 1.36 bits per heavy atom. The molecule has 0 rings (SSSR count). The fraction of sp³-hybridized carbons (Fsp3) is 1.00. The van der Waals surface area contributed by atoms with Crippen LogP contribution in [0, 0.1) is 0 Å². The molecular weight excluding hydrogens is 185 g/mol. The van der Waals surface area contributed by atoms with Crippen LogP contribution in [0.15, 0.2) is 0 Å². The quantitative estimate of drug-likeness (QED) is 0.601. The molecular formula is C3HF7O. The minimum atomic E-state index is -6.15. The van der Waals surface area contributed by atoms with E-state index in [1.54, 1.807) is 4.94 Å². The molecule has 0 aromatic carbocycles. The van der Waals surface area contributed by atoms with Crippen LogP contribution >= 0.6 is 0 Å². The van der Waals surface area contributed by atoms with Crippen molar-refractivity contribution in [2.24, 2.45) is 0 Å². The van der Waals surface area contributed by atoms with Gasteiger partial charge in [0.15, 0.2) is 0 Å². The maximum atomic E-state index is 11.5. The minimum Gasteiger partial charge on any atom is -0.205 e. The SMILES string of the molecule is FOC(F)C(F)(F)C(F)(F)F. The second kappa shape index (κ2) is 2.84. The van der Waals surface area contributed by atoms with Gasteiger partial charge in [-0.3, -0.25) is 0 Å². The molecule has 1 atom stereocenters. The normalized spacial score (nSPS) is 16.6. The van der Waals surface area contributed by atoms with Gasteiger partial charge in [-0.1, -0.05) is 0 Å². The van der Waals surface area contributed by atoms with E-state index in [-0.39, 0.29) is 0 Å². The molecule has 0 N–H and O–H groups in total. The van der Waals surface area contributed by atoms with Crippen LogP contribution in [0.1, 0.15) is 0 Å². The van der Waals surface area contributed by atoms with Crippen LogP contribution < -0.4 is 0 Å². The first kappa shape index (κ1) is 10.5. The molecule has 0 aliphatic rings. The molecule has 1 unspecified atom stereocenters. The summed E-state index contributed by atoms with van der Waals surface area (Å²) in [5.41, 5.74) is 0. The zero-order valence-electron chi connectivity index (χ0n) is 4.63. The van der Waals surface area contributed by atoms with E-state index in [0.29, 0.717) is 0 Å². The van der Waals surface area contributed by atoms with Gasteiger partial charge in [-0.25, -0.2) is 4.39 Å². The summed E-state index contributed by atoms with van der Waals surface area (Å²) in [7, 11) is 0. The summed E-state index contributed by atoms with van der Waals surface area (Å²) in [6.07, 6.45) is -10.5. The average Bonchev–Trinajstić information content (AvgIpc) is 1.83. The zero-order chi connectivity index (χ0) is 9.28. The standard InChI is InChI=1S/C3HF7O/c4-1(11-10)2(5,6)3(7,8)9/h1H. The Morgan fingerprint density at radius 1 is 1.00 bits per heavy atom. The molecule has 11 heavy (non-hydrogen) atoms. The number of hydrogen-bond acceptors (Lipinski definition) is 1. The smallest absolute Gasteiger partial charge is 0.205 e. The van der Waals surface area contributed by atoms with Gasteiger partial charge in [0, 0.05) is 0 Å². The first-order chi connectivity index (χ1) is 4.73. The monoisotopic (exact) mass is 186 g/mol.